The average Bonchev–Trinajstić information content (AvgIpc) is 3.39. The number of aromatic nitrogens is 3. The van der Waals surface area contributed by atoms with Crippen LogP contribution in [0, 0.1) is 0 Å². The molecule has 1 fully saturated rings. The third-order valence-electron chi connectivity index (χ3n) is 6.36. The minimum Gasteiger partial charge on any atom is -0.496 e. The van der Waals surface area contributed by atoms with Gasteiger partial charge in [-0.1, -0.05) is 6.92 Å². The third kappa shape index (κ3) is 3.86. The van der Waals surface area contributed by atoms with Crippen molar-refractivity contribution in [2.75, 3.05) is 39.8 Å². The predicted molar refractivity (Wildman–Crippen MR) is 124 cm³/mol. The van der Waals surface area contributed by atoms with Gasteiger partial charge in [-0.2, -0.15) is 5.10 Å². The first-order valence-corrected chi connectivity index (χ1v) is 11.1. The molecule has 2 N–H and O–H groups in total. The van der Waals surface area contributed by atoms with Crippen molar-refractivity contribution in [3.05, 3.63) is 53.0 Å². The Morgan fingerprint density at radius 3 is 2.82 bits per heavy atom. The quantitative estimate of drug-likeness (QED) is 0.554. The second kappa shape index (κ2) is 8.79. The van der Waals surface area contributed by atoms with Crippen molar-refractivity contribution in [1.82, 2.24) is 25.0 Å². The van der Waals surface area contributed by atoms with Crippen LogP contribution in [0.3, 0.4) is 0 Å². The number of Topliss-reactive ketones (excluding diaryl/α,β-unsaturated/α-hetero) is 1. The van der Waals surface area contributed by atoms with Crippen LogP contribution in [-0.2, 0) is 0 Å². The average molecular weight is 463 g/mol. The minimum atomic E-state index is -0.887. The van der Waals surface area contributed by atoms with Gasteiger partial charge in [0.2, 0.25) is 5.78 Å². The van der Waals surface area contributed by atoms with Crippen molar-refractivity contribution in [2.45, 2.75) is 12.8 Å². The highest BCUT2D eigenvalue weighted by atomic mass is 16.5. The van der Waals surface area contributed by atoms with Crippen molar-refractivity contribution < 1.29 is 24.2 Å². The number of H-pyrrole nitrogens is 1. The summed E-state index contributed by atoms with van der Waals surface area (Å²) in [6.45, 7) is 5.00. The van der Waals surface area contributed by atoms with Gasteiger partial charge in [0.25, 0.3) is 0 Å². The van der Waals surface area contributed by atoms with Gasteiger partial charge in [0.05, 0.1) is 18.4 Å². The van der Waals surface area contributed by atoms with Crippen LogP contribution in [0.1, 0.15) is 34.5 Å². The number of carboxylic acid groups (broad SMARTS) is 1. The molecule has 1 unspecified atom stereocenters. The summed E-state index contributed by atoms with van der Waals surface area (Å²) in [6, 6.07) is 7.22. The fraction of sp³-hybridized carbons (Fsp3) is 0.333. The van der Waals surface area contributed by atoms with Crippen molar-refractivity contribution in [3.63, 3.8) is 0 Å². The molecule has 5 rings (SSSR count). The second-order valence-corrected chi connectivity index (χ2v) is 8.48. The summed E-state index contributed by atoms with van der Waals surface area (Å²) in [6.07, 6.45) is 2.42. The normalized spacial score (nSPS) is 18.2. The number of hydrogen-bond donors (Lipinski definition) is 2. The number of benzene rings is 1. The van der Waals surface area contributed by atoms with E-state index in [1.54, 1.807) is 31.5 Å². The molecule has 4 heterocycles. The summed E-state index contributed by atoms with van der Waals surface area (Å²) < 4.78 is 11.7. The fourth-order valence-corrected chi connectivity index (χ4v) is 4.61. The molecule has 176 valence electrons. The standard InChI is InChI=1S/C24H25N5O5/c1-14(13-28-8-10-29(11-9-28)24(31)32)20-18(33-2)6-5-16-21(30)19(34-22(16)20)12-17-15-4-3-7-25-23(15)27-26-17/h3-7,12,14H,8-11,13H2,1-2H3,(H,31,32)(H,25,26,27)/b19-12-. The number of hydrogen-bond acceptors (Lipinski definition) is 7. The number of allylic oxidation sites excluding steroid dienone is 1. The lowest BCUT2D eigenvalue weighted by Crippen LogP contribution is -2.49. The molecule has 3 aromatic rings. The number of carbonyl (C=O) groups excluding carboxylic acids is 1. The van der Waals surface area contributed by atoms with E-state index in [2.05, 4.69) is 27.0 Å². The number of nitrogens with zero attached hydrogens (tertiary/aromatic N) is 4. The Bertz CT molecular complexity index is 1290. The molecule has 1 atom stereocenters. The van der Waals surface area contributed by atoms with Gasteiger partial charge in [-0.3, -0.25) is 14.8 Å². The summed E-state index contributed by atoms with van der Waals surface area (Å²) in [4.78, 5) is 32.2. The van der Waals surface area contributed by atoms with E-state index in [4.69, 9.17) is 9.47 Å². The largest absolute Gasteiger partial charge is 0.496 e. The Morgan fingerprint density at radius 2 is 2.09 bits per heavy atom. The Labute approximate surface area is 195 Å². The van der Waals surface area contributed by atoms with Crippen LogP contribution in [0.4, 0.5) is 4.79 Å². The molecular formula is C24H25N5O5. The number of methoxy groups -OCH3 is 1. The van der Waals surface area contributed by atoms with Crippen molar-refractivity contribution in [1.29, 1.82) is 0 Å². The van der Waals surface area contributed by atoms with Gasteiger partial charge in [0.15, 0.2) is 11.4 Å². The lowest BCUT2D eigenvalue weighted by Gasteiger charge is -2.34. The van der Waals surface area contributed by atoms with Crippen LogP contribution in [0.15, 0.2) is 36.2 Å². The molecule has 2 aliphatic rings. The Balaban J connectivity index is 1.42. The molecule has 0 bridgehead atoms. The number of fused-ring (bicyclic) bond motifs is 2. The van der Waals surface area contributed by atoms with Crippen LogP contribution >= 0.6 is 0 Å². The van der Waals surface area contributed by atoms with E-state index in [1.807, 2.05) is 12.1 Å². The molecule has 0 aliphatic carbocycles. The Morgan fingerprint density at radius 1 is 1.29 bits per heavy atom. The van der Waals surface area contributed by atoms with Gasteiger partial charge < -0.3 is 19.5 Å². The molecular weight excluding hydrogens is 438 g/mol. The molecule has 0 radical (unpaired) electrons. The summed E-state index contributed by atoms with van der Waals surface area (Å²) in [5.41, 5.74) is 2.53. The number of carbonyl (C=O) groups is 2. The van der Waals surface area contributed by atoms with Gasteiger partial charge in [0.1, 0.15) is 11.5 Å². The summed E-state index contributed by atoms with van der Waals surface area (Å²) in [5, 5.41) is 17.1. The fourth-order valence-electron chi connectivity index (χ4n) is 4.61. The number of nitrogens with one attached hydrogen (secondary N) is 1. The molecule has 34 heavy (non-hydrogen) atoms. The molecule has 0 spiro atoms. The number of ether oxygens (including phenoxy) is 2. The van der Waals surface area contributed by atoms with Gasteiger partial charge in [-0.05, 0) is 24.3 Å². The van der Waals surface area contributed by atoms with Gasteiger partial charge in [-0.25, -0.2) is 9.78 Å². The van der Waals surface area contributed by atoms with E-state index in [1.165, 1.54) is 4.90 Å². The van der Waals surface area contributed by atoms with E-state index in [0.717, 1.165) is 10.9 Å². The molecule has 1 saturated heterocycles. The van der Waals surface area contributed by atoms with Gasteiger partial charge >= 0.3 is 6.09 Å². The smallest absolute Gasteiger partial charge is 0.407 e. The summed E-state index contributed by atoms with van der Waals surface area (Å²) in [7, 11) is 1.60. The molecule has 1 amide bonds. The first kappa shape index (κ1) is 21.9. The van der Waals surface area contributed by atoms with Crippen LogP contribution in [0.2, 0.25) is 0 Å². The number of rotatable bonds is 5. The zero-order valence-corrected chi connectivity index (χ0v) is 18.9. The third-order valence-corrected chi connectivity index (χ3v) is 6.36. The lowest BCUT2D eigenvalue weighted by molar-refractivity contribution is 0.101. The van der Waals surface area contributed by atoms with E-state index in [-0.39, 0.29) is 17.5 Å². The van der Waals surface area contributed by atoms with Crippen LogP contribution in [-0.4, -0.2) is 81.8 Å². The lowest BCUT2D eigenvalue weighted by atomic mass is 9.95. The molecule has 10 nitrogen and oxygen atoms in total. The first-order chi connectivity index (χ1) is 16.5. The second-order valence-electron chi connectivity index (χ2n) is 8.48. The molecule has 2 aromatic heterocycles. The van der Waals surface area contributed by atoms with Crippen LogP contribution in [0.25, 0.3) is 17.1 Å². The number of piperazine rings is 1. The van der Waals surface area contributed by atoms with E-state index in [9.17, 15) is 14.7 Å². The minimum absolute atomic E-state index is 0.0103. The maximum absolute atomic E-state index is 13.2. The summed E-state index contributed by atoms with van der Waals surface area (Å²) >= 11 is 0. The predicted octanol–water partition coefficient (Wildman–Crippen LogP) is 2.98. The summed E-state index contributed by atoms with van der Waals surface area (Å²) in [5.74, 6) is 1.14. The molecule has 0 saturated carbocycles. The molecule has 10 heteroatoms. The highest BCUT2D eigenvalue weighted by Crippen LogP contribution is 2.44. The van der Waals surface area contributed by atoms with Crippen molar-refractivity contribution in [3.8, 4) is 11.5 Å². The zero-order chi connectivity index (χ0) is 23.8. The first-order valence-electron chi connectivity index (χ1n) is 11.1. The number of amides is 1. The van der Waals surface area contributed by atoms with E-state index >= 15 is 0 Å². The number of ketones is 1. The molecule has 1 aromatic carbocycles. The number of pyridine rings is 1. The van der Waals surface area contributed by atoms with Crippen molar-refractivity contribution >= 4 is 29.0 Å². The van der Waals surface area contributed by atoms with E-state index in [0.29, 0.717) is 61.1 Å². The Hall–Kier alpha value is -3.92. The monoisotopic (exact) mass is 463 g/mol. The molecule has 2 aliphatic heterocycles. The maximum atomic E-state index is 13.2. The number of aromatic amines is 1. The van der Waals surface area contributed by atoms with Crippen molar-refractivity contribution in [2.24, 2.45) is 0 Å². The highest BCUT2D eigenvalue weighted by Gasteiger charge is 2.34. The van der Waals surface area contributed by atoms with Gasteiger partial charge in [-0.15, -0.1) is 0 Å². The van der Waals surface area contributed by atoms with Crippen LogP contribution in [0.5, 0.6) is 11.5 Å². The Kier molecular flexibility index (Phi) is 5.66. The SMILES string of the molecule is COc1ccc2c(c1C(C)CN1CCN(C(=O)O)CC1)O/C(=C\c1n[nH]c3ncccc13)C2=O. The maximum Gasteiger partial charge on any atom is 0.407 e. The van der Waals surface area contributed by atoms with Crippen LogP contribution < -0.4 is 9.47 Å². The zero-order valence-electron chi connectivity index (χ0n) is 18.9. The van der Waals surface area contributed by atoms with Gasteiger partial charge in [0, 0.05) is 61.9 Å². The topological polar surface area (TPSA) is 121 Å². The highest BCUT2D eigenvalue weighted by molar-refractivity contribution is 6.15. The van der Waals surface area contributed by atoms with E-state index < -0.39 is 6.09 Å².